The van der Waals surface area contributed by atoms with E-state index in [9.17, 15) is 0 Å². The topological polar surface area (TPSA) is 36.9 Å². The van der Waals surface area contributed by atoms with Gasteiger partial charge in [-0.1, -0.05) is 0 Å². The van der Waals surface area contributed by atoms with Crippen LogP contribution in [0.4, 0.5) is 0 Å². The second-order valence-corrected chi connectivity index (χ2v) is 5.11. The molecule has 0 unspecified atom stereocenters. The molecule has 0 amide bonds. The molecule has 2 aliphatic carbocycles. The van der Waals surface area contributed by atoms with Crippen molar-refractivity contribution < 1.29 is 18.9 Å². The van der Waals surface area contributed by atoms with Crippen LogP contribution in [0, 0.1) is 0 Å². The fourth-order valence-electron chi connectivity index (χ4n) is 3.99. The van der Waals surface area contributed by atoms with Gasteiger partial charge in [-0.3, -0.25) is 0 Å². The van der Waals surface area contributed by atoms with Crippen LogP contribution in [0.15, 0.2) is 12.1 Å². The maximum Gasteiger partial charge on any atom is 0.181 e. The Labute approximate surface area is 113 Å². The van der Waals surface area contributed by atoms with Crippen molar-refractivity contribution in [2.24, 2.45) is 0 Å². The summed E-state index contributed by atoms with van der Waals surface area (Å²) in [7, 11) is 6.85. The third-order valence-corrected chi connectivity index (χ3v) is 4.70. The van der Waals surface area contributed by atoms with E-state index < -0.39 is 5.79 Å². The average Bonchev–Trinajstić information content (AvgIpc) is 2.97. The summed E-state index contributed by atoms with van der Waals surface area (Å²) in [5.74, 6) is 1.67. The van der Waals surface area contributed by atoms with Crippen molar-refractivity contribution >= 4 is 0 Å². The third-order valence-electron chi connectivity index (χ3n) is 4.70. The quantitative estimate of drug-likeness (QED) is 0.783. The van der Waals surface area contributed by atoms with Crippen LogP contribution < -0.4 is 9.47 Å². The summed E-state index contributed by atoms with van der Waals surface area (Å²) in [6.07, 6.45) is 2.12. The number of benzene rings is 1. The van der Waals surface area contributed by atoms with Gasteiger partial charge >= 0.3 is 0 Å². The van der Waals surface area contributed by atoms with Gasteiger partial charge < -0.3 is 18.9 Å². The summed E-state index contributed by atoms with van der Waals surface area (Å²) in [5.41, 5.74) is 2.39. The van der Waals surface area contributed by atoms with Crippen molar-refractivity contribution in [2.75, 3.05) is 28.4 Å². The highest BCUT2D eigenvalue weighted by Crippen LogP contribution is 2.65. The van der Waals surface area contributed by atoms with Crippen LogP contribution in [0.2, 0.25) is 0 Å². The van der Waals surface area contributed by atoms with Crippen LogP contribution in [0.5, 0.6) is 11.5 Å². The largest absolute Gasteiger partial charge is 0.496 e. The molecule has 0 heterocycles. The molecule has 0 spiro atoms. The molecule has 1 fully saturated rings. The summed E-state index contributed by atoms with van der Waals surface area (Å²) < 4.78 is 22.6. The van der Waals surface area contributed by atoms with Gasteiger partial charge in [0.2, 0.25) is 0 Å². The van der Waals surface area contributed by atoms with E-state index >= 15 is 0 Å². The lowest BCUT2D eigenvalue weighted by Crippen LogP contribution is -2.36. The summed E-state index contributed by atoms with van der Waals surface area (Å²) in [4.78, 5) is 0. The number of ether oxygens (including phenoxy) is 4. The van der Waals surface area contributed by atoms with Crippen molar-refractivity contribution in [1.29, 1.82) is 0 Å². The van der Waals surface area contributed by atoms with Crippen molar-refractivity contribution in [2.45, 2.75) is 30.5 Å². The molecule has 0 saturated heterocycles. The Bertz CT molecular complexity index is 452. The number of methoxy groups -OCH3 is 4. The van der Waals surface area contributed by atoms with Crippen molar-refractivity contribution in [3.63, 3.8) is 0 Å². The SMILES string of the molecule is COc1ccc(OC)c2c1[C@H]1CC[C@H]2C1(OC)OC. The van der Waals surface area contributed by atoms with Crippen LogP contribution in [-0.4, -0.2) is 34.2 Å². The number of hydrogen-bond donors (Lipinski definition) is 0. The van der Waals surface area contributed by atoms with Crippen LogP contribution in [-0.2, 0) is 9.47 Å². The molecular formula is C15H20O4. The summed E-state index contributed by atoms with van der Waals surface area (Å²) in [6, 6.07) is 3.93. The fraction of sp³-hybridized carbons (Fsp3) is 0.600. The highest BCUT2D eigenvalue weighted by atomic mass is 16.7. The first kappa shape index (κ1) is 12.8. The lowest BCUT2D eigenvalue weighted by Gasteiger charge is -2.31. The maximum atomic E-state index is 5.78. The third kappa shape index (κ3) is 1.41. The molecule has 2 aliphatic rings. The Kier molecular flexibility index (Phi) is 2.95. The molecule has 0 radical (unpaired) electrons. The number of rotatable bonds is 4. The molecule has 19 heavy (non-hydrogen) atoms. The van der Waals surface area contributed by atoms with E-state index in [1.54, 1.807) is 28.4 Å². The Morgan fingerprint density at radius 1 is 0.842 bits per heavy atom. The molecule has 3 rings (SSSR count). The van der Waals surface area contributed by atoms with E-state index in [1.165, 1.54) is 11.1 Å². The molecule has 0 aliphatic heterocycles. The zero-order valence-corrected chi connectivity index (χ0v) is 11.9. The minimum Gasteiger partial charge on any atom is -0.496 e. The lowest BCUT2D eigenvalue weighted by atomic mass is 9.90. The Balaban J connectivity index is 2.23. The van der Waals surface area contributed by atoms with E-state index in [2.05, 4.69) is 0 Å². The molecule has 1 saturated carbocycles. The van der Waals surface area contributed by atoms with Gasteiger partial charge in [-0.25, -0.2) is 0 Å². The second-order valence-electron chi connectivity index (χ2n) is 5.11. The second kappa shape index (κ2) is 4.39. The predicted molar refractivity (Wildman–Crippen MR) is 71.0 cm³/mol. The Hall–Kier alpha value is -1.26. The van der Waals surface area contributed by atoms with Gasteiger partial charge in [0, 0.05) is 37.2 Å². The highest BCUT2D eigenvalue weighted by Gasteiger charge is 2.61. The normalized spacial score (nSPS) is 26.3. The first-order valence-electron chi connectivity index (χ1n) is 6.58. The smallest absolute Gasteiger partial charge is 0.181 e. The van der Waals surface area contributed by atoms with Crippen LogP contribution in [0.1, 0.15) is 35.8 Å². The van der Waals surface area contributed by atoms with Gasteiger partial charge in [-0.05, 0) is 25.0 Å². The van der Waals surface area contributed by atoms with Crippen molar-refractivity contribution in [3.05, 3.63) is 23.3 Å². The van der Waals surface area contributed by atoms with Crippen LogP contribution in [0.25, 0.3) is 0 Å². The standard InChI is InChI=1S/C15H20O4/c1-16-11-7-8-12(17-2)14-10-6-5-9(13(11)14)15(10,18-3)19-4/h7-10H,5-6H2,1-4H3/t9-,10-/m1/s1. The molecule has 4 nitrogen and oxygen atoms in total. The molecule has 4 heteroatoms. The van der Waals surface area contributed by atoms with E-state index in [4.69, 9.17) is 18.9 Å². The Morgan fingerprint density at radius 3 is 1.58 bits per heavy atom. The number of fused-ring (bicyclic) bond motifs is 5. The molecular weight excluding hydrogens is 244 g/mol. The fourth-order valence-corrected chi connectivity index (χ4v) is 3.99. The van der Waals surface area contributed by atoms with Crippen LogP contribution in [0.3, 0.4) is 0 Å². The van der Waals surface area contributed by atoms with Gasteiger partial charge in [0.15, 0.2) is 5.79 Å². The summed E-state index contributed by atoms with van der Waals surface area (Å²) >= 11 is 0. The van der Waals surface area contributed by atoms with Gasteiger partial charge in [0.25, 0.3) is 0 Å². The molecule has 1 aromatic rings. The molecule has 2 bridgehead atoms. The maximum absolute atomic E-state index is 5.78. The molecule has 2 atom stereocenters. The average molecular weight is 264 g/mol. The zero-order chi connectivity index (χ0) is 13.6. The van der Waals surface area contributed by atoms with Crippen molar-refractivity contribution in [1.82, 2.24) is 0 Å². The van der Waals surface area contributed by atoms with Crippen LogP contribution >= 0.6 is 0 Å². The van der Waals surface area contributed by atoms with E-state index in [0.29, 0.717) is 0 Å². The van der Waals surface area contributed by atoms with Gasteiger partial charge in [-0.15, -0.1) is 0 Å². The van der Waals surface area contributed by atoms with Crippen molar-refractivity contribution in [3.8, 4) is 11.5 Å². The van der Waals surface area contributed by atoms with Gasteiger partial charge in [0.1, 0.15) is 11.5 Å². The predicted octanol–water partition coefficient (Wildman–Crippen LogP) is 2.67. The lowest BCUT2D eigenvalue weighted by molar-refractivity contribution is -0.214. The van der Waals surface area contributed by atoms with Gasteiger partial charge in [-0.2, -0.15) is 0 Å². The minimum absolute atomic E-state index is 0.215. The van der Waals surface area contributed by atoms with E-state index in [-0.39, 0.29) is 11.8 Å². The molecule has 104 valence electrons. The van der Waals surface area contributed by atoms with Gasteiger partial charge in [0.05, 0.1) is 14.2 Å². The summed E-state index contributed by atoms with van der Waals surface area (Å²) in [6.45, 7) is 0. The number of hydrogen-bond acceptors (Lipinski definition) is 4. The van der Waals surface area contributed by atoms with E-state index in [0.717, 1.165) is 24.3 Å². The monoisotopic (exact) mass is 264 g/mol. The zero-order valence-electron chi connectivity index (χ0n) is 11.9. The Morgan fingerprint density at radius 2 is 1.26 bits per heavy atom. The highest BCUT2D eigenvalue weighted by molar-refractivity contribution is 5.59. The molecule has 0 N–H and O–H groups in total. The van der Waals surface area contributed by atoms with E-state index in [1.807, 2.05) is 12.1 Å². The first-order valence-corrected chi connectivity index (χ1v) is 6.58. The first-order chi connectivity index (χ1) is 9.23. The molecule has 0 aromatic heterocycles. The minimum atomic E-state index is -0.565. The summed E-state index contributed by atoms with van der Waals surface area (Å²) in [5, 5.41) is 0. The molecule has 1 aromatic carbocycles.